The summed E-state index contributed by atoms with van der Waals surface area (Å²) in [6.45, 7) is 3.38. The number of hydrogen-bond acceptors (Lipinski definition) is 2. The number of aliphatic carboxylic acids is 1. The molecule has 0 aliphatic carbocycles. The van der Waals surface area contributed by atoms with Crippen molar-refractivity contribution in [2.45, 2.75) is 0 Å². The van der Waals surface area contributed by atoms with E-state index in [1.165, 1.54) is 6.08 Å². The molecular formula is C5H9NO2. The normalized spacial score (nSPS) is 10.9. The van der Waals surface area contributed by atoms with E-state index in [0.717, 1.165) is 5.31 Å². The number of carboxylic acids is 1. The summed E-state index contributed by atoms with van der Waals surface area (Å²) in [5.41, 5.74) is 0. The highest BCUT2D eigenvalue weighted by atomic mass is 16.4. The minimum atomic E-state index is -0.994. The quantitative estimate of drug-likeness (QED) is 0.502. The van der Waals surface area contributed by atoms with Crippen LogP contribution in [0.2, 0.25) is 1.41 Å². The highest BCUT2D eigenvalue weighted by Gasteiger charge is 1.89. The summed E-state index contributed by atoms with van der Waals surface area (Å²) in [5.74, 6) is -0.994. The molecule has 0 radical (unpaired) electrons. The first-order valence-corrected chi connectivity index (χ1v) is 2.23. The van der Waals surface area contributed by atoms with E-state index in [2.05, 4.69) is 6.58 Å². The zero-order valence-electron chi connectivity index (χ0n) is 5.50. The van der Waals surface area contributed by atoms with Gasteiger partial charge in [0.2, 0.25) is 0 Å². The lowest BCUT2D eigenvalue weighted by molar-refractivity contribution is -0.135. The Hall–Kier alpha value is -0.830. The third-order valence-corrected chi connectivity index (χ3v) is 0.505. The molecule has 0 aliphatic rings. The Balaban J connectivity index is 3.37. The van der Waals surface area contributed by atoms with Crippen LogP contribution in [0, 0.1) is 0 Å². The fourth-order valence-corrected chi connectivity index (χ4v) is 0.251. The van der Waals surface area contributed by atoms with Gasteiger partial charge in [-0.25, -0.2) is 0 Å². The topological polar surface area (TPSA) is 49.3 Å². The van der Waals surface area contributed by atoms with E-state index in [9.17, 15) is 4.79 Å². The van der Waals surface area contributed by atoms with Crippen molar-refractivity contribution in [1.29, 1.82) is 0 Å². The summed E-state index contributed by atoms with van der Waals surface area (Å²) in [7, 11) is 0. The molecular weight excluding hydrogens is 106 g/mol. The van der Waals surface area contributed by atoms with Crippen molar-refractivity contribution < 1.29 is 11.3 Å². The van der Waals surface area contributed by atoms with Crippen LogP contribution in [0.4, 0.5) is 0 Å². The third kappa shape index (κ3) is 5.17. The molecule has 0 fully saturated rings. The molecule has 0 spiro atoms. The minimum Gasteiger partial charge on any atom is -0.480 e. The third-order valence-electron chi connectivity index (χ3n) is 0.505. The smallest absolute Gasteiger partial charge is 0.317 e. The molecule has 0 saturated heterocycles. The minimum absolute atomic E-state index is 0.258. The first-order valence-electron chi connectivity index (χ1n) is 2.68. The molecule has 46 valence electrons. The average molecular weight is 116 g/mol. The van der Waals surface area contributed by atoms with Crippen LogP contribution < -0.4 is 5.31 Å². The molecule has 8 heavy (non-hydrogen) atoms. The van der Waals surface area contributed by atoms with E-state index in [0.29, 0.717) is 0 Å². The SMILES string of the molecule is [2H]N(CC=C)CC(=O)O. The van der Waals surface area contributed by atoms with Crippen LogP contribution in [0.3, 0.4) is 0 Å². The van der Waals surface area contributed by atoms with Gasteiger partial charge in [-0.1, -0.05) is 6.08 Å². The van der Waals surface area contributed by atoms with Gasteiger partial charge in [0.15, 0.2) is 0 Å². The maximum atomic E-state index is 9.89. The summed E-state index contributed by atoms with van der Waals surface area (Å²) in [5, 5.41) is 9.03. The molecule has 3 nitrogen and oxygen atoms in total. The van der Waals surface area contributed by atoms with E-state index in [1.807, 2.05) is 0 Å². The summed E-state index contributed by atoms with van der Waals surface area (Å²) in [6.07, 6.45) is 1.48. The van der Waals surface area contributed by atoms with Crippen molar-refractivity contribution in [2.24, 2.45) is 0 Å². The molecule has 0 amide bonds. The van der Waals surface area contributed by atoms with Gasteiger partial charge in [-0.15, -0.1) is 6.58 Å². The maximum Gasteiger partial charge on any atom is 0.317 e. The Morgan fingerprint density at radius 2 is 2.75 bits per heavy atom. The summed E-state index contributed by atoms with van der Waals surface area (Å²) < 4.78 is 6.88. The van der Waals surface area contributed by atoms with Crippen molar-refractivity contribution in [3.05, 3.63) is 12.7 Å². The lowest BCUT2D eigenvalue weighted by Gasteiger charge is -1.91. The molecule has 0 unspecified atom stereocenters. The second-order valence-corrected chi connectivity index (χ2v) is 1.25. The van der Waals surface area contributed by atoms with Crippen LogP contribution in [0.25, 0.3) is 0 Å². The van der Waals surface area contributed by atoms with Crippen molar-refractivity contribution in [3.63, 3.8) is 0 Å². The van der Waals surface area contributed by atoms with Crippen molar-refractivity contribution in [2.75, 3.05) is 13.1 Å². The van der Waals surface area contributed by atoms with Crippen LogP contribution >= 0.6 is 0 Å². The van der Waals surface area contributed by atoms with Crippen molar-refractivity contribution >= 4 is 5.97 Å². The number of hydrogen-bond donors (Lipinski definition) is 2. The van der Waals surface area contributed by atoms with Gasteiger partial charge >= 0.3 is 5.97 Å². The Morgan fingerprint density at radius 3 is 3.12 bits per heavy atom. The van der Waals surface area contributed by atoms with Gasteiger partial charge in [-0.3, -0.25) is 4.79 Å². The zero-order valence-corrected chi connectivity index (χ0v) is 4.50. The monoisotopic (exact) mass is 116 g/mol. The van der Waals surface area contributed by atoms with Crippen LogP contribution in [0.1, 0.15) is 0 Å². The van der Waals surface area contributed by atoms with E-state index >= 15 is 0 Å². The van der Waals surface area contributed by atoms with E-state index in [-0.39, 0.29) is 13.1 Å². The fourth-order valence-electron chi connectivity index (χ4n) is 0.251. The van der Waals surface area contributed by atoms with Gasteiger partial charge in [0, 0.05) is 6.54 Å². The maximum absolute atomic E-state index is 9.89. The molecule has 0 aromatic carbocycles. The summed E-state index contributed by atoms with van der Waals surface area (Å²) in [6, 6.07) is 0. The lowest BCUT2D eigenvalue weighted by Crippen LogP contribution is -2.21. The average Bonchev–Trinajstić information content (AvgIpc) is 1.63. The standard InChI is InChI=1S/C5H9NO2/c1-2-3-6-4-5(7)8/h2,6H,1,3-4H2,(H,7,8)/i/hD. The van der Waals surface area contributed by atoms with Crippen LogP contribution in [-0.4, -0.2) is 24.2 Å². The summed E-state index contributed by atoms with van der Waals surface area (Å²) in [4.78, 5) is 9.89. The van der Waals surface area contributed by atoms with Crippen LogP contribution in [-0.2, 0) is 4.79 Å². The first-order chi connectivity index (χ1) is 4.16. The van der Waals surface area contributed by atoms with Crippen molar-refractivity contribution in [3.8, 4) is 0 Å². The highest BCUT2D eigenvalue weighted by Crippen LogP contribution is 1.60. The lowest BCUT2D eigenvalue weighted by atomic mass is 10.6. The predicted octanol–water partition coefficient (Wildman–Crippen LogP) is -0.153. The number of carbonyl (C=O) groups is 1. The summed E-state index contributed by atoms with van der Waals surface area (Å²) >= 11 is 0. The Labute approximate surface area is 49.5 Å². The van der Waals surface area contributed by atoms with Gasteiger partial charge in [0.1, 0.15) is 1.41 Å². The van der Waals surface area contributed by atoms with Crippen molar-refractivity contribution in [1.82, 2.24) is 5.31 Å². The molecule has 0 heterocycles. The van der Waals surface area contributed by atoms with Gasteiger partial charge in [-0.05, 0) is 0 Å². The Kier molecular flexibility index (Phi) is 2.88. The molecule has 0 atom stereocenters. The van der Waals surface area contributed by atoms with Gasteiger partial charge < -0.3 is 10.4 Å². The molecule has 0 saturated carbocycles. The van der Waals surface area contributed by atoms with Crippen LogP contribution in [0.15, 0.2) is 12.7 Å². The van der Waals surface area contributed by atoms with Crippen LogP contribution in [0.5, 0.6) is 0 Å². The molecule has 0 aliphatic heterocycles. The number of nitrogens with one attached hydrogen (secondary N) is 1. The predicted molar refractivity (Wildman–Crippen MR) is 30.7 cm³/mol. The largest absolute Gasteiger partial charge is 0.480 e. The van der Waals surface area contributed by atoms with Gasteiger partial charge in [0.25, 0.3) is 0 Å². The van der Waals surface area contributed by atoms with E-state index in [1.54, 1.807) is 0 Å². The molecule has 0 aromatic heterocycles. The van der Waals surface area contributed by atoms with E-state index < -0.39 is 5.97 Å². The second-order valence-electron chi connectivity index (χ2n) is 1.25. The Bertz CT molecular complexity index is 116. The van der Waals surface area contributed by atoms with E-state index in [4.69, 9.17) is 6.52 Å². The highest BCUT2D eigenvalue weighted by molar-refractivity contribution is 5.68. The zero-order chi connectivity index (χ0) is 7.28. The number of carboxylic acid groups (broad SMARTS) is 1. The molecule has 2 N–H and O–H groups in total. The molecule has 3 heteroatoms. The Morgan fingerprint density at radius 1 is 2.12 bits per heavy atom. The fraction of sp³-hybridized carbons (Fsp3) is 0.400. The second kappa shape index (κ2) is 4.33. The molecule has 0 bridgehead atoms. The van der Waals surface area contributed by atoms with Gasteiger partial charge in [0.05, 0.1) is 6.54 Å². The number of rotatable bonds is 4. The molecule has 0 aromatic rings. The molecule has 0 rings (SSSR count). The first kappa shape index (κ1) is 5.31. The van der Waals surface area contributed by atoms with Gasteiger partial charge in [-0.2, -0.15) is 0 Å².